The zero-order valence-corrected chi connectivity index (χ0v) is 15.8. The summed E-state index contributed by atoms with van der Waals surface area (Å²) in [7, 11) is 0. The van der Waals surface area contributed by atoms with Crippen molar-refractivity contribution in [3.63, 3.8) is 0 Å². The Morgan fingerprint density at radius 3 is 2.68 bits per heavy atom. The van der Waals surface area contributed by atoms with Crippen LogP contribution in [0.1, 0.15) is 46.6 Å². The first kappa shape index (κ1) is 19.8. The van der Waals surface area contributed by atoms with Gasteiger partial charge in [0.1, 0.15) is 11.6 Å². The molecule has 2 aromatic rings. The molecule has 1 amide bonds. The molecule has 1 aliphatic heterocycles. The van der Waals surface area contributed by atoms with E-state index < -0.39 is 24.0 Å². The lowest BCUT2D eigenvalue weighted by atomic mass is 9.95. The number of carboxylic acids is 1. The summed E-state index contributed by atoms with van der Waals surface area (Å²) < 4.78 is 0. The summed E-state index contributed by atoms with van der Waals surface area (Å²) in [6.07, 6.45) is 2.47. The monoisotopic (exact) mass is 384 g/mol. The number of aromatic nitrogens is 2. The highest BCUT2D eigenvalue weighted by atomic mass is 16.4. The van der Waals surface area contributed by atoms with Crippen LogP contribution in [-0.2, 0) is 11.2 Å². The fourth-order valence-corrected chi connectivity index (χ4v) is 3.28. The van der Waals surface area contributed by atoms with E-state index in [0.29, 0.717) is 11.5 Å². The molecule has 0 fully saturated rings. The average Bonchev–Trinajstić information content (AvgIpc) is 3.06. The normalized spacial score (nSPS) is 17.3. The third kappa shape index (κ3) is 4.45. The van der Waals surface area contributed by atoms with Gasteiger partial charge in [0.05, 0.1) is 6.10 Å². The van der Waals surface area contributed by atoms with Crippen LogP contribution in [0.15, 0.2) is 30.5 Å². The molecular formula is C20H24N4O4. The van der Waals surface area contributed by atoms with Crippen LogP contribution < -0.4 is 10.6 Å². The number of aryl methyl sites for hydroxylation is 2. The number of fused-ring (bicyclic) bond motifs is 1. The number of anilines is 1. The lowest BCUT2D eigenvalue weighted by Crippen LogP contribution is -2.47. The van der Waals surface area contributed by atoms with Gasteiger partial charge in [-0.1, -0.05) is 12.1 Å². The largest absolute Gasteiger partial charge is 0.480 e. The lowest BCUT2D eigenvalue weighted by Gasteiger charge is -2.17. The molecule has 28 heavy (non-hydrogen) atoms. The van der Waals surface area contributed by atoms with Crippen molar-refractivity contribution in [1.82, 2.24) is 15.3 Å². The van der Waals surface area contributed by atoms with Crippen LogP contribution in [0.25, 0.3) is 0 Å². The molecule has 1 aromatic heterocycles. The second-order valence-corrected chi connectivity index (χ2v) is 7.06. The Morgan fingerprint density at radius 1 is 1.32 bits per heavy atom. The van der Waals surface area contributed by atoms with Gasteiger partial charge in [-0.2, -0.15) is 0 Å². The van der Waals surface area contributed by atoms with E-state index in [0.717, 1.165) is 42.2 Å². The van der Waals surface area contributed by atoms with Crippen LogP contribution in [-0.4, -0.2) is 50.7 Å². The molecule has 3 atom stereocenters. The summed E-state index contributed by atoms with van der Waals surface area (Å²) in [5.74, 6) is 0.212. The fraction of sp³-hybridized carbons (Fsp3) is 0.400. The predicted molar refractivity (Wildman–Crippen MR) is 103 cm³/mol. The maximum Gasteiger partial charge on any atom is 0.328 e. The number of carbonyl (C=O) groups is 2. The van der Waals surface area contributed by atoms with Gasteiger partial charge in [0.15, 0.2) is 6.04 Å². The second-order valence-electron chi connectivity index (χ2n) is 7.06. The van der Waals surface area contributed by atoms with Crippen LogP contribution in [0.2, 0.25) is 0 Å². The van der Waals surface area contributed by atoms with E-state index >= 15 is 0 Å². The Bertz CT molecular complexity index is 867. The van der Waals surface area contributed by atoms with Crippen molar-refractivity contribution in [2.75, 3.05) is 11.9 Å². The van der Waals surface area contributed by atoms with E-state index in [1.54, 1.807) is 12.1 Å². The minimum atomic E-state index is -1.34. The number of hydrogen-bond acceptors (Lipinski definition) is 6. The zero-order valence-electron chi connectivity index (χ0n) is 15.8. The molecule has 0 aliphatic carbocycles. The number of nitrogens with zero attached hydrogens (tertiary/aromatic N) is 2. The fourth-order valence-electron chi connectivity index (χ4n) is 3.28. The van der Waals surface area contributed by atoms with Crippen LogP contribution in [0.3, 0.4) is 0 Å². The Balaban J connectivity index is 1.58. The van der Waals surface area contributed by atoms with E-state index in [1.807, 2.05) is 25.3 Å². The van der Waals surface area contributed by atoms with E-state index in [4.69, 9.17) is 5.11 Å². The standard InChI is InChI=1S/C20H24N4O4/c1-11(25)17(20(27)28)24-19(26)14-6-3-13(4-7-14)5-8-15-9-22-18-16(15)10-21-12(2)23-18/h3-4,6-7,10-11,15,17,25H,5,8-9H2,1-2H3,(H,24,26)(H,27,28)(H,21,22,23)/t11-,15?,17+/m1/s1. The van der Waals surface area contributed by atoms with Gasteiger partial charge in [-0.3, -0.25) is 4.79 Å². The van der Waals surface area contributed by atoms with E-state index in [-0.39, 0.29) is 0 Å². The number of rotatable bonds is 7. The maximum absolute atomic E-state index is 12.2. The topological polar surface area (TPSA) is 124 Å². The van der Waals surface area contributed by atoms with Crippen molar-refractivity contribution in [1.29, 1.82) is 0 Å². The van der Waals surface area contributed by atoms with Gasteiger partial charge in [0, 0.05) is 29.8 Å². The molecule has 2 heterocycles. The Hall–Kier alpha value is -3.00. The molecule has 0 saturated carbocycles. The molecule has 1 aromatic carbocycles. The van der Waals surface area contributed by atoms with Crippen molar-refractivity contribution in [3.8, 4) is 0 Å². The third-order valence-corrected chi connectivity index (χ3v) is 4.93. The molecule has 3 rings (SSSR count). The number of nitrogens with one attached hydrogen (secondary N) is 2. The van der Waals surface area contributed by atoms with Gasteiger partial charge in [0.2, 0.25) is 0 Å². The quantitative estimate of drug-likeness (QED) is 0.570. The average molecular weight is 384 g/mol. The molecule has 0 spiro atoms. The highest BCUT2D eigenvalue weighted by Crippen LogP contribution is 2.32. The molecule has 1 unspecified atom stereocenters. The van der Waals surface area contributed by atoms with Crippen molar-refractivity contribution in [2.24, 2.45) is 0 Å². The van der Waals surface area contributed by atoms with Crippen molar-refractivity contribution in [3.05, 3.63) is 53.0 Å². The number of aliphatic hydroxyl groups excluding tert-OH is 1. The van der Waals surface area contributed by atoms with Crippen molar-refractivity contribution >= 4 is 17.7 Å². The number of benzene rings is 1. The lowest BCUT2D eigenvalue weighted by molar-refractivity contribution is -0.141. The Labute approximate surface area is 163 Å². The minimum Gasteiger partial charge on any atom is -0.480 e. The van der Waals surface area contributed by atoms with E-state index in [1.165, 1.54) is 6.92 Å². The second kappa shape index (κ2) is 8.35. The highest BCUT2D eigenvalue weighted by Gasteiger charge is 2.26. The number of aliphatic hydroxyl groups is 1. The molecule has 0 saturated heterocycles. The van der Waals surface area contributed by atoms with Crippen molar-refractivity contribution < 1.29 is 19.8 Å². The van der Waals surface area contributed by atoms with Gasteiger partial charge < -0.3 is 20.8 Å². The van der Waals surface area contributed by atoms with Crippen LogP contribution in [0.5, 0.6) is 0 Å². The first-order valence-electron chi connectivity index (χ1n) is 9.23. The molecule has 0 radical (unpaired) electrons. The van der Waals surface area contributed by atoms with Gasteiger partial charge in [-0.05, 0) is 44.4 Å². The molecule has 8 heteroatoms. The smallest absolute Gasteiger partial charge is 0.328 e. The third-order valence-electron chi connectivity index (χ3n) is 4.93. The van der Waals surface area contributed by atoms with Crippen LogP contribution in [0, 0.1) is 6.92 Å². The summed E-state index contributed by atoms with van der Waals surface area (Å²) in [5, 5.41) is 24.2. The predicted octanol–water partition coefficient (Wildman–Crippen LogP) is 1.49. The molecular weight excluding hydrogens is 360 g/mol. The van der Waals surface area contributed by atoms with E-state index in [2.05, 4.69) is 20.6 Å². The van der Waals surface area contributed by atoms with Gasteiger partial charge in [0.25, 0.3) is 5.91 Å². The van der Waals surface area contributed by atoms with E-state index in [9.17, 15) is 14.7 Å². The summed E-state index contributed by atoms with van der Waals surface area (Å²) in [6.45, 7) is 4.03. The van der Waals surface area contributed by atoms with Crippen LogP contribution in [0.4, 0.5) is 5.82 Å². The Morgan fingerprint density at radius 2 is 2.04 bits per heavy atom. The first-order valence-corrected chi connectivity index (χ1v) is 9.23. The summed E-state index contributed by atoms with van der Waals surface area (Å²) in [4.78, 5) is 32.0. The highest BCUT2D eigenvalue weighted by molar-refractivity contribution is 5.96. The minimum absolute atomic E-state index is 0.348. The van der Waals surface area contributed by atoms with Gasteiger partial charge in [-0.15, -0.1) is 0 Å². The van der Waals surface area contributed by atoms with Crippen molar-refractivity contribution in [2.45, 2.75) is 44.8 Å². The summed E-state index contributed by atoms with van der Waals surface area (Å²) in [5.41, 5.74) is 2.58. The summed E-state index contributed by atoms with van der Waals surface area (Å²) in [6, 6.07) is 5.72. The number of hydrogen-bond donors (Lipinski definition) is 4. The van der Waals surface area contributed by atoms with Gasteiger partial charge in [-0.25, -0.2) is 14.8 Å². The maximum atomic E-state index is 12.2. The van der Waals surface area contributed by atoms with Crippen LogP contribution >= 0.6 is 0 Å². The first-order chi connectivity index (χ1) is 13.3. The Kier molecular flexibility index (Phi) is 5.89. The zero-order chi connectivity index (χ0) is 20.3. The number of carbonyl (C=O) groups excluding carboxylic acids is 1. The summed E-state index contributed by atoms with van der Waals surface area (Å²) >= 11 is 0. The molecule has 1 aliphatic rings. The number of amides is 1. The molecule has 4 N–H and O–H groups in total. The molecule has 0 bridgehead atoms. The molecule has 148 valence electrons. The SMILES string of the molecule is Cc1ncc2c(n1)NCC2CCc1ccc(C(=O)N[C@H](C(=O)O)[C@@H](C)O)cc1. The number of aliphatic carboxylic acids is 1. The molecule has 8 nitrogen and oxygen atoms in total. The number of carboxylic acid groups (broad SMARTS) is 1. The van der Waals surface area contributed by atoms with Gasteiger partial charge >= 0.3 is 5.97 Å².